The molecule has 2 heterocycles. The molecule has 0 saturated heterocycles. The largest absolute Gasteiger partial charge is 0.416 e. The molecule has 0 amide bonds. The van der Waals surface area contributed by atoms with Crippen LogP contribution in [0.5, 0.6) is 0 Å². The van der Waals surface area contributed by atoms with Crippen LogP contribution in [0.2, 0.25) is 0 Å². The molecule has 0 aliphatic carbocycles. The van der Waals surface area contributed by atoms with Crippen LogP contribution >= 0.6 is 0 Å². The van der Waals surface area contributed by atoms with Gasteiger partial charge in [-0.15, -0.1) is 4.91 Å². The van der Waals surface area contributed by atoms with Gasteiger partial charge in [0.1, 0.15) is 5.65 Å². The number of rotatable bonds is 1. The summed E-state index contributed by atoms with van der Waals surface area (Å²) < 4.78 is 38.4. The first kappa shape index (κ1) is 10.6. The van der Waals surface area contributed by atoms with E-state index < -0.39 is 11.7 Å². The minimum Gasteiger partial charge on any atom is -0.282 e. The molecule has 4 nitrogen and oxygen atoms in total. The number of imidazole rings is 1. The van der Waals surface area contributed by atoms with Gasteiger partial charge in [-0.3, -0.25) is 4.40 Å². The van der Waals surface area contributed by atoms with Crippen LogP contribution < -0.4 is 0 Å². The molecule has 2 rings (SSSR count). The van der Waals surface area contributed by atoms with Gasteiger partial charge in [0.2, 0.25) is 5.82 Å². The molecular formula is C9H6F3N3O. The highest BCUT2D eigenvalue weighted by Crippen LogP contribution is 2.31. The molecule has 0 spiro atoms. The summed E-state index contributed by atoms with van der Waals surface area (Å²) in [5.74, 6) is 0.0173. The molecular weight excluding hydrogens is 223 g/mol. The minimum atomic E-state index is -4.42. The Bertz CT molecular complexity index is 559. The molecule has 0 fully saturated rings. The second-order valence-electron chi connectivity index (χ2n) is 3.25. The lowest BCUT2D eigenvalue weighted by Crippen LogP contribution is -2.05. The molecule has 0 atom stereocenters. The van der Waals surface area contributed by atoms with E-state index in [1.54, 1.807) is 0 Å². The fraction of sp³-hybridized carbons (Fsp3) is 0.222. The molecule has 0 aliphatic heterocycles. The smallest absolute Gasteiger partial charge is 0.282 e. The van der Waals surface area contributed by atoms with Crippen LogP contribution in [0.4, 0.5) is 19.0 Å². The van der Waals surface area contributed by atoms with Crippen LogP contribution in [0.25, 0.3) is 5.65 Å². The molecule has 0 N–H and O–H groups in total. The SMILES string of the molecule is Cc1nc2cc(C(F)(F)F)ccn2c1N=O. The van der Waals surface area contributed by atoms with Crippen LogP contribution in [0.15, 0.2) is 23.5 Å². The van der Waals surface area contributed by atoms with Gasteiger partial charge in [-0.1, -0.05) is 0 Å². The van der Waals surface area contributed by atoms with Crippen molar-refractivity contribution in [2.45, 2.75) is 13.1 Å². The average molecular weight is 229 g/mol. The van der Waals surface area contributed by atoms with Crippen LogP contribution in [0.1, 0.15) is 11.3 Å². The molecule has 7 heteroatoms. The third-order valence-corrected chi connectivity index (χ3v) is 2.18. The predicted molar refractivity (Wildman–Crippen MR) is 50.4 cm³/mol. The van der Waals surface area contributed by atoms with E-state index in [0.717, 1.165) is 18.3 Å². The van der Waals surface area contributed by atoms with Crippen molar-refractivity contribution in [1.29, 1.82) is 0 Å². The van der Waals surface area contributed by atoms with E-state index >= 15 is 0 Å². The Labute approximate surface area is 87.7 Å². The maximum absolute atomic E-state index is 12.4. The normalized spacial score (nSPS) is 12.0. The number of aryl methyl sites for hydroxylation is 1. The number of nitrogens with zero attached hydrogens (tertiary/aromatic N) is 3. The van der Waals surface area contributed by atoms with Crippen LogP contribution in [0, 0.1) is 11.8 Å². The number of nitroso groups, excluding NO2 is 1. The van der Waals surface area contributed by atoms with Gasteiger partial charge in [0.05, 0.1) is 11.3 Å². The molecule has 0 bridgehead atoms. The zero-order valence-corrected chi connectivity index (χ0v) is 8.12. The molecule has 2 aromatic heterocycles. The number of alkyl halides is 3. The second-order valence-corrected chi connectivity index (χ2v) is 3.25. The molecule has 0 radical (unpaired) electrons. The van der Waals surface area contributed by atoms with Crippen LogP contribution in [-0.2, 0) is 6.18 Å². The first-order chi connectivity index (χ1) is 7.43. The Balaban J connectivity index is 2.69. The van der Waals surface area contributed by atoms with Crippen LogP contribution in [0.3, 0.4) is 0 Å². The standard InChI is InChI=1S/C9H6F3N3O/c1-5-8(14-16)15-3-2-6(9(10,11)12)4-7(15)13-5/h2-4H,1H3. The zero-order chi connectivity index (χ0) is 11.9. The minimum absolute atomic E-state index is 0.0173. The lowest BCUT2D eigenvalue weighted by atomic mass is 10.2. The highest BCUT2D eigenvalue weighted by Gasteiger charge is 2.31. The van der Waals surface area contributed by atoms with Gasteiger partial charge in [-0.25, -0.2) is 4.98 Å². The third-order valence-electron chi connectivity index (χ3n) is 2.18. The summed E-state index contributed by atoms with van der Waals surface area (Å²) in [7, 11) is 0. The predicted octanol–water partition coefficient (Wildman–Crippen LogP) is 3.06. The summed E-state index contributed by atoms with van der Waals surface area (Å²) in [4.78, 5) is 14.3. The van der Waals surface area contributed by atoms with E-state index in [1.165, 1.54) is 11.3 Å². The van der Waals surface area contributed by atoms with E-state index in [4.69, 9.17) is 0 Å². The quantitative estimate of drug-likeness (QED) is 0.705. The third kappa shape index (κ3) is 1.54. The molecule has 0 aromatic carbocycles. The van der Waals surface area contributed by atoms with Gasteiger partial charge in [0.15, 0.2) is 0 Å². The number of aromatic nitrogens is 2. The van der Waals surface area contributed by atoms with E-state index in [0.29, 0.717) is 5.69 Å². The van der Waals surface area contributed by atoms with Gasteiger partial charge in [0, 0.05) is 6.20 Å². The van der Waals surface area contributed by atoms with Crippen molar-refractivity contribution < 1.29 is 13.2 Å². The van der Waals surface area contributed by atoms with Gasteiger partial charge in [-0.05, 0) is 24.2 Å². The molecule has 0 aliphatic rings. The van der Waals surface area contributed by atoms with Gasteiger partial charge >= 0.3 is 6.18 Å². The molecule has 84 valence electrons. The van der Waals surface area contributed by atoms with Crippen molar-refractivity contribution in [1.82, 2.24) is 9.38 Å². The number of hydrogen-bond donors (Lipinski definition) is 0. The Morgan fingerprint density at radius 3 is 2.69 bits per heavy atom. The summed E-state index contributed by atoms with van der Waals surface area (Å²) in [6.45, 7) is 1.51. The van der Waals surface area contributed by atoms with Gasteiger partial charge in [-0.2, -0.15) is 13.2 Å². The Kier molecular flexibility index (Phi) is 2.18. The maximum Gasteiger partial charge on any atom is 0.416 e. The Morgan fingerprint density at radius 1 is 1.44 bits per heavy atom. The molecule has 0 saturated carbocycles. The summed E-state index contributed by atoms with van der Waals surface area (Å²) >= 11 is 0. The highest BCUT2D eigenvalue weighted by molar-refractivity contribution is 5.53. The van der Waals surface area contributed by atoms with Crippen molar-refractivity contribution in [3.63, 3.8) is 0 Å². The lowest BCUT2D eigenvalue weighted by molar-refractivity contribution is -0.137. The fourth-order valence-corrected chi connectivity index (χ4v) is 1.44. The van der Waals surface area contributed by atoms with Crippen molar-refractivity contribution >= 4 is 11.5 Å². The van der Waals surface area contributed by atoms with E-state index in [2.05, 4.69) is 10.2 Å². The Morgan fingerprint density at radius 2 is 2.12 bits per heavy atom. The Hall–Kier alpha value is -1.92. The molecule has 2 aromatic rings. The molecule has 0 unspecified atom stereocenters. The zero-order valence-electron chi connectivity index (χ0n) is 8.12. The van der Waals surface area contributed by atoms with Gasteiger partial charge < -0.3 is 0 Å². The second kappa shape index (κ2) is 3.29. The highest BCUT2D eigenvalue weighted by atomic mass is 19.4. The fourth-order valence-electron chi connectivity index (χ4n) is 1.44. The monoisotopic (exact) mass is 229 g/mol. The first-order valence-electron chi connectivity index (χ1n) is 4.33. The average Bonchev–Trinajstić information content (AvgIpc) is 2.50. The number of fused-ring (bicyclic) bond motifs is 1. The summed E-state index contributed by atoms with van der Waals surface area (Å²) in [5.41, 5.74) is -0.446. The summed E-state index contributed by atoms with van der Waals surface area (Å²) in [6, 6.07) is 1.75. The molecule has 16 heavy (non-hydrogen) atoms. The first-order valence-corrected chi connectivity index (χ1v) is 4.33. The van der Waals surface area contributed by atoms with E-state index in [9.17, 15) is 18.1 Å². The maximum atomic E-state index is 12.4. The van der Waals surface area contributed by atoms with Crippen LogP contribution in [-0.4, -0.2) is 9.38 Å². The van der Waals surface area contributed by atoms with Crippen molar-refractivity contribution in [2.75, 3.05) is 0 Å². The van der Waals surface area contributed by atoms with Gasteiger partial charge in [0.25, 0.3) is 0 Å². The van der Waals surface area contributed by atoms with Crippen molar-refractivity contribution in [2.24, 2.45) is 5.18 Å². The topological polar surface area (TPSA) is 46.7 Å². The number of pyridine rings is 1. The van der Waals surface area contributed by atoms with Crippen molar-refractivity contribution in [3.8, 4) is 0 Å². The van der Waals surface area contributed by atoms with Crippen molar-refractivity contribution in [3.05, 3.63) is 34.5 Å². The number of halogens is 3. The van der Waals surface area contributed by atoms with E-state index in [1.807, 2.05) is 0 Å². The number of hydrogen-bond acceptors (Lipinski definition) is 3. The lowest BCUT2D eigenvalue weighted by Gasteiger charge is -2.05. The summed E-state index contributed by atoms with van der Waals surface area (Å²) in [5, 5.41) is 2.72. The summed E-state index contributed by atoms with van der Waals surface area (Å²) in [6.07, 6.45) is -3.29. The van der Waals surface area contributed by atoms with E-state index in [-0.39, 0.29) is 11.5 Å².